The van der Waals surface area contributed by atoms with E-state index in [1.807, 2.05) is 45.9 Å². The minimum absolute atomic E-state index is 0.0682. The summed E-state index contributed by atoms with van der Waals surface area (Å²) in [5.74, 6) is -1.09. The first kappa shape index (κ1) is 32.7. The maximum Gasteiger partial charge on any atom is 0.173 e. The number of aliphatic imine (C=N–C) groups is 1. The summed E-state index contributed by atoms with van der Waals surface area (Å²) in [5, 5.41) is 13.5. The highest BCUT2D eigenvalue weighted by Gasteiger charge is 2.28. The fourth-order valence-electron chi connectivity index (χ4n) is 5.69. The Morgan fingerprint density at radius 3 is 2.59 bits per heavy atom. The molecule has 0 bridgehead atoms. The van der Waals surface area contributed by atoms with Crippen LogP contribution in [0.1, 0.15) is 64.0 Å². The summed E-state index contributed by atoms with van der Waals surface area (Å²) in [6, 6.07) is 3.28. The van der Waals surface area contributed by atoms with E-state index in [2.05, 4.69) is 39.8 Å². The van der Waals surface area contributed by atoms with Gasteiger partial charge in [-0.25, -0.2) is 13.8 Å². The van der Waals surface area contributed by atoms with Crippen LogP contribution in [0.15, 0.2) is 76.1 Å². The van der Waals surface area contributed by atoms with Crippen LogP contribution in [0.25, 0.3) is 6.08 Å². The molecule has 234 valence electrons. The third-order valence-electron chi connectivity index (χ3n) is 8.40. The average Bonchev–Trinajstić information content (AvgIpc) is 3.15. The zero-order valence-corrected chi connectivity index (χ0v) is 26.6. The number of nitrogens with zero attached hydrogens (tertiary/aromatic N) is 4. The van der Waals surface area contributed by atoms with Gasteiger partial charge in [0.25, 0.3) is 0 Å². The lowest BCUT2D eigenvalue weighted by Crippen LogP contribution is -2.43. The van der Waals surface area contributed by atoms with Crippen molar-refractivity contribution in [3.8, 4) is 11.8 Å². The molecule has 0 radical (unpaired) electrons. The molecular formula is C35H43F2N5O2. The van der Waals surface area contributed by atoms with Gasteiger partial charge in [0.1, 0.15) is 29.0 Å². The lowest BCUT2D eigenvalue weighted by atomic mass is 9.93. The van der Waals surface area contributed by atoms with Gasteiger partial charge in [0, 0.05) is 67.3 Å². The molecular weight excluding hydrogens is 560 g/mol. The van der Waals surface area contributed by atoms with Crippen molar-refractivity contribution < 1.29 is 18.3 Å². The Labute approximate surface area is 260 Å². The van der Waals surface area contributed by atoms with Crippen molar-refractivity contribution in [2.75, 3.05) is 40.3 Å². The molecule has 1 N–H and O–H groups in total. The van der Waals surface area contributed by atoms with Crippen LogP contribution in [0.3, 0.4) is 0 Å². The zero-order chi connectivity index (χ0) is 32.0. The molecule has 7 nitrogen and oxygen atoms in total. The molecule has 2 heterocycles. The normalized spacial score (nSPS) is 25.3. The van der Waals surface area contributed by atoms with Gasteiger partial charge in [-0.15, -0.1) is 0 Å². The number of allylic oxidation sites excluding steroid dienone is 5. The number of halogens is 2. The minimum atomic E-state index is -0.646. The van der Waals surface area contributed by atoms with Gasteiger partial charge in [0.2, 0.25) is 0 Å². The van der Waals surface area contributed by atoms with Crippen LogP contribution in [0, 0.1) is 28.9 Å². The van der Waals surface area contributed by atoms with Crippen LogP contribution >= 0.6 is 0 Å². The molecule has 0 spiro atoms. The van der Waals surface area contributed by atoms with Gasteiger partial charge in [-0.05, 0) is 46.1 Å². The van der Waals surface area contributed by atoms with Crippen LogP contribution in [-0.2, 0) is 4.74 Å². The van der Waals surface area contributed by atoms with E-state index in [0.717, 1.165) is 56.4 Å². The molecule has 1 saturated heterocycles. The summed E-state index contributed by atoms with van der Waals surface area (Å²) in [6.45, 7) is 15.5. The number of rotatable bonds is 7. The Balaban J connectivity index is 1.69. The Hall–Kier alpha value is -4.16. The fraction of sp³-hybridized carbons (Fsp3) is 0.429. The van der Waals surface area contributed by atoms with Gasteiger partial charge in [-0.2, -0.15) is 5.26 Å². The molecule has 1 aromatic rings. The van der Waals surface area contributed by atoms with Crippen molar-refractivity contribution >= 4 is 11.9 Å². The fourth-order valence-corrected chi connectivity index (χ4v) is 5.69. The quantitative estimate of drug-likeness (QED) is 0.263. The monoisotopic (exact) mass is 603 g/mol. The van der Waals surface area contributed by atoms with Gasteiger partial charge in [-0.1, -0.05) is 44.2 Å². The molecule has 2 atom stereocenters. The standard InChI is InChI=1S/C35H43F2N5O2/c1-8-26(42-16-14-41(6)15-17-42)19-30(43-7)25(5)40-35-28(21-38)34(24(4)10-9-13-39-35)44-31-20-29(36)32-23(3)12-11-22(2)18-27(32)33(31)37/h8-9,13,18-20,23-24H,5,10-12,14-17H2,1-4,6-7H3,(H,39,40)/b13-9+,26-8+,30-19+,34-28+. The summed E-state index contributed by atoms with van der Waals surface area (Å²) in [4.78, 5) is 9.04. The number of hydrogen-bond acceptors (Lipinski definition) is 7. The summed E-state index contributed by atoms with van der Waals surface area (Å²) in [6.07, 6.45) is 11.1. The lowest BCUT2D eigenvalue weighted by molar-refractivity contribution is 0.189. The Bertz CT molecular complexity index is 1500. The average molecular weight is 604 g/mol. The van der Waals surface area contributed by atoms with Crippen molar-refractivity contribution in [1.29, 1.82) is 5.26 Å². The molecule has 9 heteroatoms. The first-order chi connectivity index (χ1) is 21.1. The largest absolute Gasteiger partial charge is 0.495 e. The molecule has 4 rings (SSSR count). The van der Waals surface area contributed by atoms with Crippen LogP contribution in [0.5, 0.6) is 5.75 Å². The third-order valence-corrected chi connectivity index (χ3v) is 8.40. The van der Waals surface area contributed by atoms with Crippen molar-refractivity contribution in [3.63, 3.8) is 0 Å². The smallest absolute Gasteiger partial charge is 0.173 e. The summed E-state index contributed by atoms with van der Waals surface area (Å²) < 4.78 is 43.3. The lowest BCUT2D eigenvalue weighted by Gasteiger charge is -2.34. The minimum Gasteiger partial charge on any atom is -0.495 e. The molecule has 0 saturated carbocycles. The number of methoxy groups -OCH3 is 1. The van der Waals surface area contributed by atoms with Crippen molar-refractivity contribution in [3.05, 3.63) is 93.9 Å². The number of fused-ring (bicyclic) bond motifs is 1. The van der Waals surface area contributed by atoms with Gasteiger partial charge in [0.05, 0.1) is 12.8 Å². The van der Waals surface area contributed by atoms with Crippen LogP contribution < -0.4 is 10.1 Å². The van der Waals surface area contributed by atoms with E-state index in [1.165, 1.54) is 0 Å². The number of ether oxygens (including phenoxy) is 2. The Kier molecular flexibility index (Phi) is 10.8. The highest BCUT2D eigenvalue weighted by atomic mass is 19.1. The number of likely N-dealkylation sites (N-methyl/N-ethyl adjacent to an activating group) is 1. The SMILES string of the molecule is C=C(NC1=N/C=C/CC(C)/C(Oc2cc(F)c3c(c2F)C=C(C)CCC3C)=C\1C#N)/C(=C\C(=C/C)N1CCN(C)CC1)OC. The van der Waals surface area contributed by atoms with Crippen molar-refractivity contribution in [1.82, 2.24) is 15.1 Å². The predicted molar refractivity (Wildman–Crippen MR) is 171 cm³/mol. The molecule has 3 aliphatic rings. The number of piperazine rings is 1. The second-order valence-electron chi connectivity index (χ2n) is 11.7. The molecule has 1 aliphatic carbocycles. The zero-order valence-electron chi connectivity index (χ0n) is 26.6. The number of benzene rings is 1. The van der Waals surface area contributed by atoms with Gasteiger partial charge in [0.15, 0.2) is 17.4 Å². The summed E-state index contributed by atoms with van der Waals surface area (Å²) >= 11 is 0. The van der Waals surface area contributed by atoms with E-state index >= 15 is 8.78 Å². The maximum absolute atomic E-state index is 16.0. The van der Waals surface area contributed by atoms with Crippen LogP contribution in [0.2, 0.25) is 0 Å². The van der Waals surface area contributed by atoms with Crippen LogP contribution in [-0.4, -0.2) is 56.0 Å². The number of hydrogen-bond donors (Lipinski definition) is 1. The highest BCUT2D eigenvalue weighted by Crippen LogP contribution is 2.39. The Morgan fingerprint density at radius 1 is 1.20 bits per heavy atom. The van der Waals surface area contributed by atoms with Gasteiger partial charge in [-0.3, -0.25) is 0 Å². The maximum atomic E-state index is 16.0. The van der Waals surface area contributed by atoms with E-state index in [0.29, 0.717) is 23.4 Å². The molecule has 0 amide bonds. The second kappa shape index (κ2) is 14.5. The Morgan fingerprint density at radius 2 is 1.93 bits per heavy atom. The van der Waals surface area contributed by atoms with E-state index in [1.54, 1.807) is 19.4 Å². The molecule has 0 aromatic heterocycles. The third kappa shape index (κ3) is 7.31. The van der Waals surface area contributed by atoms with Crippen LogP contribution in [0.4, 0.5) is 8.78 Å². The highest BCUT2D eigenvalue weighted by molar-refractivity contribution is 6.04. The molecule has 2 unspecified atom stereocenters. The van der Waals surface area contributed by atoms with Crippen molar-refractivity contribution in [2.24, 2.45) is 10.9 Å². The van der Waals surface area contributed by atoms with Gasteiger partial charge >= 0.3 is 0 Å². The predicted octanol–water partition coefficient (Wildman–Crippen LogP) is 7.16. The molecule has 1 aromatic carbocycles. The topological polar surface area (TPSA) is 73.1 Å². The first-order valence-corrected chi connectivity index (χ1v) is 15.1. The summed E-state index contributed by atoms with van der Waals surface area (Å²) in [7, 11) is 3.66. The first-order valence-electron chi connectivity index (χ1n) is 15.1. The van der Waals surface area contributed by atoms with E-state index in [9.17, 15) is 5.26 Å². The van der Waals surface area contributed by atoms with Crippen molar-refractivity contribution in [2.45, 2.75) is 52.9 Å². The van der Waals surface area contributed by atoms with Gasteiger partial charge < -0.3 is 24.6 Å². The number of nitrogens with one attached hydrogen (secondary N) is 1. The molecule has 1 fully saturated rings. The summed E-state index contributed by atoms with van der Waals surface area (Å²) in [5.41, 5.74) is 2.97. The second-order valence-corrected chi connectivity index (χ2v) is 11.7. The van der Waals surface area contributed by atoms with E-state index in [-0.39, 0.29) is 40.3 Å². The number of nitriles is 1. The number of amidine groups is 1. The van der Waals surface area contributed by atoms with E-state index in [4.69, 9.17) is 9.47 Å². The molecule has 2 aliphatic heterocycles. The van der Waals surface area contributed by atoms with E-state index < -0.39 is 11.6 Å². The molecule has 44 heavy (non-hydrogen) atoms.